The van der Waals surface area contributed by atoms with Gasteiger partial charge < -0.3 is 10.4 Å². The zero-order chi connectivity index (χ0) is 14.6. The van der Waals surface area contributed by atoms with Crippen LogP contribution in [-0.4, -0.2) is 32.1 Å². The van der Waals surface area contributed by atoms with Gasteiger partial charge in [-0.05, 0) is 20.3 Å². The maximum atomic E-state index is 11.0. The van der Waals surface area contributed by atoms with E-state index in [-0.39, 0.29) is 29.7 Å². The van der Waals surface area contributed by atoms with Gasteiger partial charge in [-0.25, -0.2) is 10.8 Å². The summed E-state index contributed by atoms with van der Waals surface area (Å²) in [7, 11) is 0. The molecule has 1 unspecified atom stereocenters. The van der Waals surface area contributed by atoms with Gasteiger partial charge in [-0.2, -0.15) is 4.98 Å². The van der Waals surface area contributed by atoms with Gasteiger partial charge in [0.2, 0.25) is 11.8 Å². The van der Waals surface area contributed by atoms with Crippen LogP contribution in [-0.2, 0) is 0 Å². The molecule has 0 aromatic carbocycles. The van der Waals surface area contributed by atoms with Crippen molar-refractivity contribution in [1.82, 2.24) is 9.97 Å². The standard InChI is InChI=1S/C10H18N6O3/c1-4-10(3,17)5-12-8-7(16(18)19)6(2)13-9(14-8)15-11/h17H,4-5,11H2,1-3H3,(H2,12,13,14,15). The summed E-state index contributed by atoms with van der Waals surface area (Å²) < 4.78 is 0. The molecular formula is C10H18N6O3. The van der Waals surface area contributed by atoms with Gasteiger partial charge in [0.1, 0.15) is 5.69 Å². The predicted octanol–water partition coefficient (Wildman–Crippen LogP) is 0.552. The van der Waals surface area contributed by atoms with Gasteiger partial charge in [0.05, 0.1) is 10.5 Å². The maximum Gasteiger partial charge on any atom is 0.332 e. The Morgan fingerprint density at radius 3 is 2.63 bits per heavy atom. The summed E-state index contributed by atoms with van der Waals surface area (Å²) in [5.74, 6) is 5.30. The lowest BCUT2D eigenvalue weighted by Gasteiger charge is -2.22. The third-order valence-electron chi connectivity index (χ3n) is 2.77. The molecule has 1 aromatic rings. The largest absolute Gasteiger partial charge is 0.388 e. The summed E-state index contributed by atoms with van der Waals surface area (Å²) in [6.45, 7) is 5.06. The van der Waals surface area contributed by atoms with Crippen molar-refractivity contribution < 1.29 is 10.0 Å². The molecule has 1 rings (SSSR count). The van der Waals surface area contributed by atoms with Gasteiger partial charge in [-0.15, -0.1) is 0 Å². The van der Waals surface area contributed by atoms with Crippen LogP contribution in [0.15, 0.2) is 0 Å². The summed E-state index contributed by atoms with van der Waals surface area (Å²) in [4.78, 5) is 18.2. The number of rotatable bonds is 6. The smallest absolute Gasteiger partial charge is 0.332 e. The van der Waals surface area contributed by atoms with Crippen LogP contribution in [0.4, 0.5) is 17.5 Å². The van der Waals surface area contributed by atoms with Crippen LogP contribution in [0.25, 0.3) is 0 Å². The number of aliphatic hydroxyl groups is 1. The van der Waals surface area contributed by atoms with Crippen molar-refractivity contribution >= 4 is 17.5 Å². The zero-order valence-electron chi connectivity index (χ0n) is 11.1. The molecule has 0 aliphatic rings. The van der Waals surface area contributed by atoms with Gasteiger partial charge in [0, 0.05) is 6.54 Å². The SMILES string of the molecule is CCC(C)(O)CNc1nc(NN)nc(C)c1[N+](=O)[O-]. The van der Waals surface area contributed by atoms with Crippen LogP contribution in [0.3, 0.4) is 0 Å². The summed E-state index contributed by atoms with van der Waals surface area (Å²) in [5.41, 5.74) is 1.21. The first-order valence-corrected chi connectivity index (χ1v) is 5.76. The summed E-state index contributed by atoms with van der Waals surface area (Å²) in [5, 5.41) is 23.7. The summed E-state index contributed by atoms with van der Waals surface area (Å²) in [6, 6.07) is 0. The second-order valence-electron chi connectivity index (χ2n) is 4.44. The highest BCUT2D eigenvalue weighted by Crippen LogP contribution is 2.26. The molecule has 5 N–H and O–H groups in total. The molecule has 0 saturated heterocycles. The molecule has 106 valence electrons. The maximum absolute atomic E-state index is 11.0. The van der Waals surface area contributed by atoms with Crippen molar-refractivity contribution in [1.29, 1.82) is 0 Å². The van der Waals surface area contributed by atoms with Crippen LogP contribution < -0.4 is 16.6 Å². The Morgan fingerprint density at radius 2 is 2.16 bits per heavy atom. The first-order valence-electron chi connectivity index (χ1n) is 5.76. The highest BCUT2D eigenvalue weighted by atomic mass is 16.6. The monoisotopic (exact) mass is 270 g/mol. The molecule has 0 aliphatic carbocycles. The first kappa shape index (κ1) is 15.1. The third-order valence-corrected chi connectivity index (χ3v) is 2.77. The number of nitrogens with two attached hydrogens (primary N) is 1. The van der Waals surface area contributed by atoms with Crippen LogP contribution in [0.1, 0.15) is 26.0 Å². The van der Waals surface area contributed by atoms with Gasteiger partial charge in [0.15, 0.2) is 0 Å². The number of hydrazine groups is 1. The molecule has 0 aliphatic heterocycles. The van der Waals surface area contributed by atoms with E-state index in [1.54, 1.807) is 6.92 Å². The van der Waals surface area contributed by atoms with Crippen molar-refractivity contribution in [3.05, 3.63) is 15.8 Å². The number of hydrogen-bond donors (Lipinski definition) is 4. The molecule has 0 spiro atoms. The molecule has 9 heteroatoms. The fourth-order valence-electron chi connectivity index (χ4n) is 1.37. The minimum atomic E-state index is -0.983. The average molecular weight is 270 g/mol. The van der Waals surface area contributed by atoms with E-state index in [2.05, 4.69) is 20.7 Å². The first-order chi connectivity index (χ1) is 8.80. The lowest BCUT2D eigenvalue weighted by molar-refractivity contribution is -0.385. The Balaban J connectivity index is 3.10. The molecular weight excluding hydrogens is 252 g/mol. The molecule has 19 heavy (non-hydrogen) atoms. The van der Waals surface area contributed by atoms with Crippen molar-refractivity contribution in [2.45, 2.75) is 32.8 Å². The Hall–Kier alpha value is -2.00. The van der Waals surface area contributed by atoms with E-state index >= 15 is 0 Å². The lowest BCUT2D eigenvalue weighted by atomic mass is 10.0. The summed E-state index contributed by atoms with van der Waals surface area (Å²) in [6.07, 6.45) is 0.500. The Kier molecular flexibility index (Phi) is 4.57. The molecule has 1 atom stereocenters. The van der Waals surface area contributed by atoms with E-state index in [4.69, 9.17) is 5.84 Å². The Bertz CT molecular complexity index is 477. The van der Waals surface area contributed by atoms with Crippen LogP contribution in [0.2, 0.25) is 0 Å². The van der Waals surface area contributed by atoms with E-state index in [0.29, 0.717) is 6.42 Å². The fourth-order valence-corrected chi connectivity index (χ4v) is 1.37. The molecule has 9 nitrogen and oxygen atoms in total. The number of hydrogen-bond acceptors (Lipinski definition) is 8. The third kappa shape index (κ3) is 3.73. The van der Waals surface area contributed by atoms with Gasteiger partial charge in [-0.3, -0.25) is 15.5 Å². The topological polar surface area (TPSA) is 139 Å². The second kappa shape index (κ2) is 5.76. The number of nitro groups is 1. The number of aryl methyl sites for hydroxylation is 1. The average Bonchev–Trinajstić information content (AvgIpc) is 2.35. The highest BCUT2D eigenvalue weighted by molar-refractivity contribution is 5.60. The normalized spacial score (nSPS) is 13.7. The highest BCUT2D eigenvalue weighted by Gasteiger charge is 2.24. The molecule has 1 heterocycles. The lowest BCUT2D eigenvalue weighted by Crippen LogP contribution is -2.33. The van der Waals surface area contributed by atoms with E-state index in [1.807, 2.05) is 6.92 Å². The number of nitrogens with one attached hydrogen (secondary N) is 2. The van der Waals surface area contributed by atoms with Crippen LogP contribution in [0, 0.1) is 17.0 Å². The van der Waals surface area contributed by atoms with Gasteiger partial charge >= 0.3 is 5.69 Å². The molecule has 1 aromatic heterocycles. The zero-order valence-corrected chi connectivity index (χ0v) is 11.1. The number of nitrogen functional groups attached to an aromatic ring is 1. The molecule has 0 bridgehead atoms. The van der Waals surface area contributed by atoms with Crippen molar-refractivity contribution in [3.8, 4) is 0 Å². The second-order valence-corrected chi connectivity index (χ2v) is 4.44. The van der Waals surface area contributed by atoms with Gasteiger partial charge in [-0.1, -0.05) is 6.92 Å². The van der Waals surface area contributed by atoms with Crippen molar-refractivity contribution in [2.75, 3.05) is 17.3 Å². The van der Waals surface area contributed by atoms with Gasteiger partial charge in [0.25, 0.3) is 0 Å². The van der Waals surface area contributed by atoms with Crippen molar-refractivity contribution in [2.24, 2.45) is 5.84 Å². The minimum Gasteiger partial charge on any atom is -0.388 e. The van der Waals surface area contributed by atoms with Crippen molar-refractivity contribution in [3.63, 3.8) is 0 Å². The predicted molar refractivity (Wildman–Crippen MR) is 70.6 cm³/mol. The van der Waals surface area contributed by atoms with E-state index < -0.39 is 10.5 Å². The number of nitrogens with zero attached hydrogens (tertiary/aromatic N) is 3. The van der Waals surface area contributed by atoms with Crippen LogP contribution >= 0.6 is 0 Å². The fraction of sp³-hybridized carbons (Fsp3) is 0.600. The molecule has 0 amide bonds. The van der Waals surface area contributed by atoms with Crippen LogP contribution in [0.5, 0.6) is 0 Å². The molecule has 0 radical (unpaired) electrons. The quantitative estimate of drug-likeness (QED) is 0.334. The van der Waals surface area contributed by atoms with E-state index in [9.17, 15) is 15.2 Å². The van der Waals surface area contributed by atoms with E-state index in [0.717, 1.165) is 0 Å². The Morgan fingerprint density at radius 1 is 1.53 bits per heavy atom. The summed E-state index contributed by atoms with van der Waals surface area (Å²) >= 11 is 0. The van der Waals surface area contributed by atoms with E-state index in [1.165, 1.54) is 6.92 Å². The Labute approximate surface area is 110 Å². The number of anilines is 2. The minimum absolute atomic E-state index is 0.0270. The number of aromatic nitrogens is 2. The molecule has 0 fully saturated rings. The molecule has 0 saturated carbocycles.